The minimum Gasteiger partial charge on any atom is -0.497 e. The topological polar surface area (TPSA) is 84.7 Å². The molecule has 2 heterocycles. The van der Waals surface area contributed by atoms with E-state index in [4.69, 9.17) is 4.74 Å². The number of hydrogen-bond acceptors (Lipinski definition) is 5. The van der Waals surface area contributed by atoms with Gasteiger partial charge in [0, 0.05) is 44.7 Å². The molecule has 3 rings (SSSR count). The first-order valence-corrected chi connectivity index (χ1v) is 8.74. The number of carbonyl (C=O) groups excluding carboxylic acids is 2. The first kappa shape index (κ1) is 18.6. The lowest BCUT2D eigenvalue weighted by molar-refractivity contribution is -0.139. The fraction of sp³-hybridized carbons (Fsp3) is 0.368. The summed E-state index contributed by atoms with van der Waals surface area (Å²) < 4.78 is 6.32. The van der Waals surface area contributed by atoms with E-state index in [1.807, 2.05) is 24.3 Å². The molecule has 0 N–H and O–H groups in total. The second kappa shape index (κ2) is 8.03. The molecule has 0 atom stereocenters. The van der Waals surface area contributed by atoms with Crippen LogP contribution in [0, 0.1) is 0 Å². The van der Waals surface area contributed by atoms with Crippen molar-refractivity contribution in [3.05, 3.63) is 46.8 Å². The van der Waals surface area contributed by atoms with Gasteiger partial charge in [0.25, 0.3) is 5.56 Å². The van der Waals surface area contributed by atoms with Gasteiger partial charge >= 0.3 is 0 Å². The fourth-order valence-electron chi connectivity index (χ4n) is 2.98. The summed E-state index contributed by atoms with van der Waals surface area (Å²) in [4.78, 5) is 39.4. The third-order valence-electron chi connectivity index (χ3n) is 4.62. The summed E-state index contributed by atoms with van der Waals surface area (Å²) in [7, 11) is 1.59. The van der Waals surface area contributed by atoms with Crippen molar-refractivity contribution in [2.45, 2.75) is 13.5 Å². The smallest absolute Gasteiger partial charge is 0.267 e. The average Bonchev–Trinajstić information content (AvgIpc) is 2.69. The Morgan fingerprint density at radius 1 is 1.00 bits per heavy atom. The number of carbonyl (C=O) groups is 2. The summed E-state index contributed by atoms with van der Waals surface area (Å²) in [6.45, 7) is 3.34. The number of ether oxygens (including phenoxy) is 1. The molecule has 1 saturated heterocycles. The summed E-state index contributed by atoms with van der Waals surface area (Å²) in [6, 6.07) is 10.4. The molecule has 0 saturated carbocycles. The number of hydrogen-bond donors (Lipinski definition) is 0. The number of amides is 2. The quantitative estimate of drug-likeness (QED) is 0.787. The Morgan fingerprint density at radius 2 is 1.63 bits per heavy atom. The highest BCUT2D eigenvalue weighted by Crippen LogP contribution is 2.19. The summed E-state index contributed by atoms with van der Waals surface area (Å²) in [6.07, 6.45) is 0. The standard InChI is InChI=1S/C19H22N4O4/c1-14(24)21-9-11-22(12-10-21)19(26)13-23-18(25)8-7-17(20-23)15-3-5-16(27-2)6-4-15/h3-8H,9-13H2,1-2H3. The Bertz CT molecular complexity index is 883. The molecule has 8 nitrogen and oxygen atoms in total. The first-order chi connectivity index (χ1) is 13.0. The van der Waals surface area contributed by atoms with Gasteiger partial charge in [-0.25, -0.2) is 4.68 Å². The maximum absolute atomic E-state index is 12.5. The van der Waals surface area contributed by atoms with Gasteiger partial charge < -0.3 is 14.5 Å². The monoisotopic (exact) mass is 370 g/mol. The van der Waals surface area contributed by atoms with Crippen molar-refractivity contribution >= 4 is 11.8 Å². The predicted molar refractivity (Wildman–Crippen MR) is 99.3 cm³/mol. The zero-order valence-corrected chi connectivity index (χ0v) is 15.4. The lowest BCUT2D eigenvalue weighted by Crippen LogP contribution is -2.51. The Balaban J connectivity index is 1.72. The van der Waals surface area contributed by atoms with Gasteiger partial charge in [0.2, 0.25) is 11.8 Å². The Labute approximate surface area is 157 Å². The van der Waals surface area contributed by atoms with Crippen LogP contribution in [0.4, 0.5) is 0 Å². The SMILES string of the molecule is COc1ccc(-c2ccc(=O)n(CC(=O)N3CCN(C(C)=O)CC3)n2)cc1. The van der Waals surface area contributed by atoms with Crippen molar-refractivity contribution in [1.29, 1.82) is 0 Å². The molecule has 0 aliphatic carbocycles. The number of benzene rings is 1. The zero-order chi connectivity index (χ0) is 19.4. The van der Waals surface area contributed by atoms with Gasteiger partial charge in [-0.05, 0) is 30.3 Å². The minimum absolute atomic E-state index is 0.00665. The second-order valence-electron chi connectivity index (χ2n) is 6.33. The van der Waals surface area contributed by atoms with Crippen molar-refractivity contribution in [1.82, 2.24) is 19.6 Å². The van der Waals surface area contributed by atoms with Gasteiger partial charge in [0.15, 0.2) is 0 Å². The van der Waals surface area contributed by atoms with E-state index in [9.17, 15) is 14.4 Å². The number of nitrogens with zero attached hydrogens (tertiary/aromatic N) is 4. The lowest BCUT2D eigenvalue weighted by Gasteiger charge is -2.34. The molecule has 0 unspecified atom stereocenters. The number of methoxy groups -OCH3 is 1. The zero-order valence-electron chi connectivity index (χ0n) is 15.4. The van der Waals surface area contributed by atoms with E-state index in [-0.39, 0.29) is 23.9 Å². The highest BCUT2D eigenvalue weighted by molar-refractivity contribution is 5.77. The number of aromatic nitrogens is 2. The predicted octanol–water partition coefficient (Wildman–Crippen LogP) is 0.610. The highest BCUT2D eigenvalue weighted by Gasteiger charge is 2.23. The van der Waals surface area contributed by atoms with Crippen molar-refractivity contribution in [2.24, 2.45) is 0 Å². The summed E-state index contributed by atoms with van der Waals surface area (Å²) in [5.74, 6) is 0.554. The van der Waals surface area contributed by atoms with Crippen LogP contribution >= 0.6 is 0 Å². The van der Waals surface area contributed by atoms with Gasteiger partial charge in [-0.1, -0.05) is 0 Å². The Kier molecular flexibility index (Phi) is 5.54. The third kappa shape index (κ3) is 4.33. The molecule has 27 heavy (non-hydrogen) atoms. The van der Waals surface area contributed by atoms with E-state index >= 15 is 0 Å². The van der Waals surface area contributed by atoms with E-state index < -0.39 is 0 Å². The first-order valence-electron chi connectivity index (χ1n) is 8.74. The van der Waals surface area contributed by atoms with Crippen LogP contribution in [0.3, 0.4) is 0 Å². The van der Waals surface area contributed by atoms with Crippen LogP contribution in [0.5, 0.6) is 5.75 Å². The molecule has 0 bridgehead atoms. The van der Waals surface area contributed by atoms with Gasteiger partial charge in [-0.2, -0.15) is 5.10 Å². The third-order valence-corrected chi connectivity index (χ3v) is 4.62. The van der Waals surface area contributed by atoms with Crippen LogP contribution in [0.1, 0.15) is 6.92 Å². The van der Waals surface area contributed by atoms with Crippen molar-refractivity contribution in [3.63, 3.8) is 0 Å². The van der Waals surface area contributed by atoms with E-state index in [1.54, 1.807) is 23.0 Å². The maximum atomic E-state index is 12.5. The van der Waals surface area contributed by atoms with Crippen LogP contribution < -0.4 is 10.3 Å². The fourth-order valence-corrected chi connectivity index (χ4v) is 2.98. The van der Waals surface area contributed by atoms with Crippen LogP contribution in [-0.4, -0.2) is 64.7 Å². The molecule has 2 aromatic rings. The Morgan fingerprint density at radius 3 is 2.22 bits per heavy atom. The highest BCUT2D eigenvalue weighted by atomic mass is 16.5. The molecular weight excluding hydrogens is 348 g/mol. The summed E-state index contributed by atoms with van der Waals surface area (Å²) >= 11 is 0. The average molecular weight is 370 g/mol. The Hall–Kier alpha value is -3.16. The van der Waals surface area contributed by atoms with Crippen molar-refractivity contribution in [3.8, 4) is 17.0 Å². The minimum atomic E-state index is -0.331. The largest absolute Gasteiger partial charge is 0.497 e. The van der Waals surface area contributed by atoms with E-state index in [1.165, 1.54) is 17.7 Å². The van der Waals surface area contributed by atoms with Crippen LogP contribution in [0.25, 0.3) is 11.3 Å². The van der Waals surface area contributed by atoms with Crippen LogP contribution in [-0.2, 0) is 16.1 Å². The van der Waals surface area contributed by atoms with Gasteiger partial charge in [-0.15, -0.1) is 0 Å². The second-order valence-corrected chi connectivity index (χ2v) is 6.33. The number of piperazine rings is 1. The molecule has 2 amide bonds. The molecule has 8 heteroatoms. The van der Waals surface area contributed by atoms with Gasteiger partial charge in [-0.3, -0.25) is 14.4 Å². The van der Waals surface area contributed by atoms with E-state index in [2.05, 4.69) is 5.10 Å². The van der Waals surface area contributed by atoms with Crippen LogP contribution in [0.2, 0.25) is 0 Å². The van der Waals surface area contributed by atoms with E-state index in [0.29, 0.717) is 31.9 Å². The lowest BCUT2D eigenvalue weighted by atomic mass is 10.1. The molecule has 1 fully saturated rings. The molecule has 142 valence electrons. The molecule has 0 spiro atoms. The van der Waals surface area contributed by atoms with Gasteiger partial charge in [0.05, 0.1) is 12.8 Å². The normalized spacial score (nSPS) is 14.1. The molecule has 1 aliphatic rings. The molecule has 0 radical (unpaired) electrons. The van der Waals surface area contributed by atoms with E-state index in [0.717, 1.165) is 11.3 Å². The molecular formula is C19H22N4O4. The van der Waals surface area contributed by atoms with Gasteiger partial charge in [0.1, 0.15) is 12.3 Å². The number of rotatable bonds is 4. The summed E-state index contributed by atoms with van der Waals surface area (Å²) in [5, 5.41) is 4.33. The van der Waals surface area contributed by atoms with Crippen LogP contribution in [0.15, 0.2) is 41.2 Å². The molecule has 1 aromatic heterocycles. The maximum Gasteiger partial charge on any atom is 0.267 e. The van der Waals surface area contributed by atoms with Crippen molar-refractivity contribution < 1.29 is 14.3 Å². The molecule has 1 aliphatic heterocycles. The summed E-state index contributed by atoms with van der Waals surface area (Å²) in [5.41, 5.74) is 1.10. The molecule has 1 aromatic carbocycles. The van der Waals surface area contributed by atoms with Crippen molar-refractivity contribution in [2.75, 3.05) is 33.3 Å².